The van der Waals surface area contributed by atoms with Crippen molar-refractivity contribution in [1.82, 2.24) is 20.2 Å². The molecule has 1 aromatic carbocycles. The molecule has 2 aromatic rings. The highest BCUT2D eigenvalue weighted by Gasteiger charge is 2.33. The topological polar surface area (TPSA) is 78.1 Å². The first-order chi connectivity index (χ1) is 12.8. The Bertz CT molecular complexity index is 792. The smallest absolute Gasteiger partial charge is 0.227 e. The molecule has 2 N–H and O–H groups in total. The third kappa shape index (κ3) is 4.76. The zero-order valence-corrected chi connectivity index (χ0v) is 16.3. The number of nitrogens with zero attached hydrogens (tertiary/aromatic N) is 2. The SMILES string of the molecule is CC(C)(C)C(=O)N1CCC[C@@H](C(=O)NCc2ncc(-c3ccccc3)[nH]2)C1. The number of imidazole rings is 1. The summed E-state index contributed by atoms with van der Waals surface area (Å²) < 4.78 is 0. The highest BCUT2D eigenvalue weighted by Crippen LogP contribution is 2.23. The average Bonchev–Trinajstić information content (AvgIpc) is 3.14. The molecule has 1 atom stereocenters. The molecule has 6 nitrogen and oxygen atoms in total. The number of likely N-dealkylation sites (tertiary alicyclic amines) is 1. The maximum absolute atomic E-state index is 12.6. The number of hydrogen-bond acceptors (Lipinski definition) is 3. The minimum absolute atomic E-state index is 0.0147. The number of piperidine rings is 1. The Balaban J connectivity index is 1.55. The molecule has 0 saturated carbocycles. The quantitative estimate of drug-likeness (QED) is 0.871. The maximum atomic E-state index is 12.6. The monoisotopic (exact) mass is 368 g/mol. The summed E-state index contributed by atoms with van der Waals surface area (Å²) >= 11 is 0. The predicted molar refractivity (Wildman–Crippen MR) is 105 cm³/mol. The lowest BCUT2D eigenvalue weighted by Gasteiger charge is -2.35. The van der Waals surface area contributed by atoms with Crippen molar-refractivity contribution >= 4 is 11.8 Å². The Morgan fingerprint density at radius 3 is 2.70 bits per heavy atom. The van der Waals surface area contributed by atoms with Crippen LogP contribution < -0.4 is 5.32 Å². The molecule has 1 aliphatic heterocycles. The number of benzene rings is 1. The van der Waals surface area contributed by atoms with Crippen LogP contribution in [0, 0.1) is 11.3 Å². The van der Waals surface area contributed by atoms with Gasteiger partial charge in [0, 0.05) is 18.5 Å². The Labute approximate surface area is 160 Å². The molecule has 0 bridgehead atoms. The Hall–Kier alpha value is -2.63. The van der Waals surface area contributed by atoms with E-state index in [2.05, 4.69) is 15.3 Å². The van der Waals surface area contributed by atoms with E-state index in [-0.39, 0.29) is 17.7 Å². The van der Waals surface area contributed by atoms with E-state index in [1.807, 2.05) is 56.0 Å². The molecule has 0 aliphatic carbocycles. The fourth-order valence-corrected chi connectivity index (χ4v) is 3.38. The minimum Gasteiger partial charge on any atom is -0.349 e. The molecule has 1 saturated heterocycles. The van der Waals surface area contributed by atoms with E-state index < -0.39 is 5.41 Å². The standard InChI is InChI=1S/C21H28N4O2/c1-21(2,3)20(27)25-11-7-10-16(14-25)19(26)23-13-18-22-12-17(24-18)15-8-5-4-6-9-15/h4-6,8-9,12,16H,7,10-11,13-14H2,1-3H3,(H,22,24)(H,23,26)/t16-/m1/s1. The number of H-pyrrole nitrogens is 1. The molecule has 0 unspecified atom stereocenters. The van der Waals surface area contributed by atoms with Gasteiger partial charge in [-0.2, -0.15) is 0 Å². The molecule has 144 valence electrons. The van der Waals surface area contributed by atoms with Crippen LogP contribution in [-0.2, 0) is 16.1 Å². The number of amides is 2. The van der Waals surface area contributed by atoms with Crippen LogP contribution in [0.25, 0.3) is 11.3 Å². The molecular formula is C21H28N4O2. The molecule has 3 rings (SSSR count). The third-order valence-corrected chi connectivity index (χ3v) is 4.86. The molecule has 0 radical (unpaired) electrons. The van der Waals surface area contributed by atoms with E-state index in [4.69, 9.17) is 0 Å². The molecule has 1 fully saturated rings. The van der Waals surface area contributed by atoms with Gasteiger partial charge in [-0.1, -0.05) is 51.1 Å². The highest BCUT2D eigenvalue weighted by molar-refractivity contribution is 5.83. The van der Waals surface area contributed by atoms with Crippen LogP contribution in [0.4, 0.5) is 0 Å². The van der Waals surface area contributed by atoms with Crippen molar-refractivity contribution in [2.24, 2.45) is 11.3 Å². The summed E-state index contributed by atoms with van der Waals surface area (Å²) in [6, 6.07) is 9.95. The number of hydrogen-bond donors (Lipinski definition) is 2. The lowest BCUT2D eigenvalue weighted by Crippen LogP contribution is -2.48. The fourth-order valence-electron chi connectivity index (χ4n) is 3.38. The number of nitrogens with one attached hydrogen (secondary N) is 2. The molecule has 2 heterocycles. The van der Waals surface area contributed by atoms with Crippen molar-refractivity contribution in [3.8, 4) is 11.3 Å². The number of carbonyl (C=O) groups excluding carboxylic acids is 2. The van der Waals surface area contributed by atoms with Gasteiger partial charge in [0.15, 0.2) is 0 Å². The van der Waals surface area contributed by atoms with Crippen molar-refractivity contribution in [1.29, 1.82) is 0 Å². The average molecular weight is 368 g/mol. The van der Waals surface area contributed by atoms with Gasteiger partial charge in [0.25, 0.3) is 0 Å². The summed E-state index contributed by atoms with van der Waals surface area (Å²) in [5.41, 5.74) is 1.58. The lowest BCUT2D eigenvalue weighted by atomic mass is 9.91. The molecule has 1 aromatic heterocycles. The van der Waals surface area contributed by atoms with Crippen molar-refractivity contribution < 1.29 is 9.59 Å². The van der Waals surface area contributed by atoms with E-state index in [9.17, 15) is 9.59 Å². The molecule has 1 aliphatic rings. The molecule has 2 amide bonds. The largest absolute Gasteiger partial charge is 0.349 e. The van der Waals surface area contributed by atoms with Crippen LogP contribution in [0.5, 0.6) is 0 Å². The van der Waals surface area contributed by atoms with Gasteiger partial charge in [-0.25, -0.2) is 4.98 Å². The van der Waals surface area contributed by atoms with Gasteiger partial charge in [-0.05, 0) is 18.4 Å². The summed E-state index contributed by atoms with van der Waals surface area (Å²) in [5.74, 6) is 0.659. The highest BCUT2D eigenvalue weighted by atomic mass is 16.2. The van der Waals surface area contributed by atoms with Gasteiger partial charge >= 0.3 is 0 Å². The van der Waals surface area contributed by atoms with Crippen molar-refractivity contribution in [2.45, 2.75) is 40.2 Å². The molecule has 6 heteroatoms. The van der Waals surface area contributed by atoms with Crippen LogP contribution in [-0.4, -0.2) is 39.8 Å². The summed E-state index contributed by atoms with van der Waals surface area (Å²) in [6.07, 6.45) is 3.45. The lowest BCUT2D eigenvalue weighted by molar-refractivity contribution is -0.142. The second-order valence-corrected chi connectivity index (χ2v) is 8.17. The van der Waals surface area contributed by atoms with Crippen LogP contribution in [0.15, 0.2) is 36.5 Å². The predicted octanol–water partition coefficient (Wildman–Crippen LogP) is 2.98. The van der Waals surface area contributed by atoms with E-state index >= 15 is 0 Å². The van der Waals surface area contributed by atoms with E-state index in [1.54, 1.807) is 6.20 Å². The first-order valence-corrected chi connectivity index (χ1v) is 9.51. The van der Waals surface area contributed by atoms with Gasteiger partial charge in [0.2, 0.25) is 11.8 Å². The first-order valence-electron chi connectivity index (χ1n) is 9.51. The normalized spacial score (nSPS) is 17.6. The first kappa shape index (κ1) is 19.1. The van der Waals surface area contributed by atoms with Crippen molar-refractivity contribution in [3.63, 3.8) is 0 Å². The van der Waals surface area contributed by atoms with Gasteiger partial charge in [0.1, 0.15) is 5.82 Å². The molecular weight excluding hydrogens is 340 g/mol. The summed E-state index contributed by atoms with van der Waals surface area (Å²) in [4.78, 5) is 34.5. The van der Waals surface area contributed by atoms with E-state index in [0.717, 1.165) is 36.5 Å². The molecule has 0 spiro atoms. The maximum Gasteiger partial charge on any atom is 0.227 e. The Morgan fingerprint density at radius 1 is 1.26 bits per heavy atom. The van der Waals surface area contributed by atoms with Crippen LogP contribution >= 0.6 is 0 Å². The Kier molecular flexibility index (Phi) is 5.63. The van der Waals surface area contributed by atoms with Crippen molar-refractivity contribution in [2.75, 3.05) is 13.1 Å². The number of carbonyl (C=O) groups is 2. The van der Waals surface area contributed by atoms with E-state index in [0.29, 0.717) is 13.1 Å². The second kappa shape index (κ2) is 7.94. The van der Waals surface area contributed by atoms with Crippen LogP contribution in [0.2, 0.25) is 0 Å². The third-order valence-electron chi connectivity index (χ3n) is 4.86. The fraction of sp³-hybridized carbons (Fsp3) is 0.476. The van der Waals surface area contributed by atoms with Gasteiger partial charge in [-0.15, -0.1) is 0 Å². The van der Waals surface area contributed by atoms with Crippen molar-refractivity contribution in [3.05, 3.63) is 42.4 Å². The minimum atomic E-state index is -0.416. The zero-order chi connectivity index (χ0) is 19.4. The number of aromatic amines is 1. The summed E-state index contributed by atoms with van der Waals surface area (Å²) in [5, 5.41) is 2.96. The summed E-state index contributed by atoms with van der Waals surface area (Å²) in [7, 11) is 0. The molecule has 27 heavy (non-hydrogen) atoms. The Morgan fingerprint density at radius 2 is 2.00 bits per heavy atom. The van der Waals surface area contributed by atoms with Crippen LogP contribution in [0.1, 0.15) is 39.4 Å². The zero-order valence-electron chi connectivity index (χ0n) is 16.3. The van der Waals surface area contributed by atoms with E-state index in [1.165, 1.54) is 0 Å². The van der Waals surface area contributed by atoms with Gasteiger partial charge in [0.05, 0.1) is 24.4 Å². The van der Waals surface area contributed by atoms with Crippen LogP contribution in [0.3, 0.4) is 0 Å². The van der Waals surface area contributed by atoms with Gasteiger partial charge < -0.3 is 15.2 Å². The second-order valence-electron chi connectivity index (χ2n) is 8.17. The number of rotatable bonds is 4. The van der Waals surface area contributed by atoms with Gasteiger partial charge in [-0.3, -0.25) is 9.59 Å². The summed E-state index contributed by atoms with van der Waals surface area (Å²) in [6.45, 7) is 7.34. The number of aromatic nitrogens is 2.